The molecule has 8 nitrogen and oxygen atoms in total. The second kappa shape index (κ2) is 12.5. The molecule has 0 spiro atoms. The Hall–Kier alpha value is -3.47. The summed E-state index contributed by atoms with van der Waals surface area (Å²) >= 11 is 12.1. The van der Waals surface area contributed by atoms with E-state index in [1.165, 1.54) is 54.9 Å². The lowest BCUT2D eigenvalue weighted by molar-refractivity contribution is -0.0510. The Balaban J connectivity index is 1.79. The van der Waals surface area contributed by atoms with Gasteiger partial charge in [-0.15, -0.1) is 0 Å². The summed E-state index contributed by atoms with van der Waals surface area (Å²) in [6.45, 7) is -2.33. The van der Waals surface area contributed by atoms with Crippen molar-refractivity contribution in [3.8, 4) is 17.2 Å². The van der Waals surface area contributed by atoms with Crippen LogP contribution in [-0.2, 0) is 4.74 Å². The monoisotopic (exact) mass is 539 g/mol. The maximum atomic E-state index is 12.9. The molecule has 0 radical (unpaired) electrons. The summed E-state index contributed by atoms with van der Waals surface area (Å²) in [5, 5.41) is 2.78. The average molecular weight is 540 g/mol. The highest BCUT2D eigenvalue weighted by atomic mass is 35.5. The van der Waals surface area contributed by atoms with Crippen LogP contribution < -0.4 is 14.8 Å². The van der Waals surface area contributed by atoms with Gasteiger partial charge in [0.15, 0.2) is 11.5 Å². The maximum Gasteiger partial charge on any atom is 0.387 e. The number of rotatable bonds is 10. The predicted molar refractivity (Wildman–Crippen MR) is 131 cm³/mol. The molecule has 0 bridgehead atoms. The summed E-state index contributed by atoms with van der Waals surface area (Å²) in [4.78, 5) is 30.6. The lowest BCUT2D eigenvalue weighted by atomic mass is 10.1. The van der Waals surface area contributed by atoms with Crippen molar-refractivity contribution >= 4 is 40.8 Å². The van der Waals surface area contributed by atoms with E-state index in [4.69, 9.17) is 32.7 Å². The van der Waals surface area contributed by atoms with E-state index < -0.39 is 18.5 Å². The highest BCUT2D eigenvalue weighted by molar-refractivity contribution is 6.39. The number of benzene rings is 2. The molecule has 1 heterocycles. The zero-order valence-electron chi connectivity index (χ0n) is 19.1. The van der Waals surface area contributed by atoms with E-state index in [9.17, 15) is 18.4 Å². The first-order valence-corrected chi connectivity index (χ1v) is 11.2. The number of carbonyl (C=O) groups is 2. The van der Waals surface area contributed by atoms with Gasteiger partial charge in [0.2, 0.25) is 0 Å². The molecule has 0 aliphatic rings. The zero-order chi connectivity index (χ0) is 26.2. The van der Waals surface area contributed by atoms with Crippen LogP contribution in [0.1, 0.15) is 20.7 Å². The van der Waals surface area contributed by atoms with E-state index in [2.05, 4.69) is 15.0 Å². The van der Waals surface area contributed by atoms with Gasteiger partial charge in [-0.3, -0.25) is 9.78 Å². The number of nitrogens with one attached hydrogen (secondary N) is 1. The number of carbonyl (C=O) groups excluding carboxylic acids is 2. The Kier molecular flexibility index (Phi) is 9.40. The molecule has 0 atom stereocenters. The van der Waals surface area contributed by atoms with Crippen LogP contribution in [0.15, 0.2) is 54.9 Å². The minimum atomic E-state index is -3.12. The fraction of sp³-hybridized carbons (Fsp3) is 0.208. The number of nitrogens with zero attached hydrogens (tertiary/aromatic N) is 2. The molecule has 0 aliphatic heterocycles. The summed E-state index contributed by atoms with van der Waals surface area (Å²) in [5.74, 6) is -1.40. The van der Waals surface area contributed by atoms with Gasteiger partial charge in [-0.1, -0.05) is 23.2 Å². The number of halogens is 4. The van der Waals surface area contributed by atoms with Gasteiger partial charge in [0.1, 0.15) is 12.4 Å². The largest absolute Gasteiger partial charge is 0.461 e. The maximum absolute atomic E-state index is 12.9. The van der Waals surface area contributed by atoms with Crippen LogP contribution in [0, 0.1) is 0 Å². The first-order chi connectivity index (χ1) is 17.1. The Labute approximate surface area is 215 Å². The van der Waals surface area contributed by atoms with Crippen molar-refractivity contribution in [2.45, 2.75) is 6.61 Å². The number of ether oxygens (including phenoxy) is 3. The smallest absolute Gasteiger partial charge is 0.387 e. The van der Waals surface area contributed by atoms with Crippen molar-refractivity contribution in [2.24, 2.45) is 0 Å². The van der Waals surface area contributed by atoms with E-state index in [1.807, 2.05) is 19.0 Å². The first-order valence-electron chi connectivity index (χ1n) is 10.4. The Morgan fingerprint density at radius 1 is 1.00 bits per heavy atom. The van der Waals surface area contributed by atoms with Crippen LogP contribution in [0.5, 0.6) is 17.2 Å². The van der Waals surface area contributed by atoms with Crippen LogP contribution in [0.25, 0.3) is 0 Å². The molecule has 0 saturated heterocycles. The van der Waals surface area contributed by atoms with Crippen LogP contribution in [0.2, 0.25) is 10.0 Å². The summed E-state index contributed by atoms with van der Waals surface area (Å²) in [7, 11) is 3.71. The summed E-state index contributed by atoms with van der Waals surface area (Å²) in [6, 6.07) is 9.50. The van der Waals surface area contributed by atoms with Gasteiger partial charge in [0.05, 0.1) is 21.3 Å². The average Bonchev–Trinajstić information content (AvgIpc) is 2.82. The van der Waals surface area contributed by atoms with Crippen molar-refractivity contribution < 1.29 is 32.6 Å². The van der Waals surface area contributed by atoms with Gasteiger partial charge in [0, 0.05) is 24.5 Å². The number of anilines is 1. The third-order valence-corrected chi connectivity index (χ3v) is 5.18. The molecule has 1 amide bonds. The molecular formula is C24H21Cl2F2N3O5. The van der Waals surface area contributed by atoms with Crippen LogP contribution in [0.3, 0.4) is 0 Å². The van der Waals surface area contributed by atoms with Crippen molar-refractivity contribution in [1.29, 1.82) is 0 Å². The van der Waals surface area contributed by atoms with E-state index in [-0.39, 0.29) is 50.7 Å². The Morgan fingerprint density at radius 2 is 1.64 bits per heavy atom. The third kappa shape index (κ3) is 7.51. The van der Waals surface area contributed by atoms with E-state index >= 15 is 0 Å². The van der Waals surface area contributed by atoms with Crippen molar-refractivity contribution in [3.63, 3.8) is 0 Å². The second-order valence-corrected chi connectivity index (χ2v) is 8.35. The molecule has 0 unspecified atom stereocenters. The number of esters is 1. The van der Waals surface area contributed by atoms with Crippen LogP contribution in [0.4, 0.5) is 14.5 Å². The lowest BCUT2D eigenvalue weighted by Crippen LogP contribution is -2.20. The quantitative estimate of drug-likeness (QED) is 0.328. The number of aromatic nitrogens is 1. The summed E-state index contributed by atoms with van der Waals surface area (Å²) < 4.78 is 41.2. The summed E-state index contributed by atoms with van der Waals surface area (Å²) in [5.41, 5.74) is 0.475. The molecule has 0 fully saturated rings. The second-order valence-electron chi connectivity index (χ2n) is 7.54. The normalized spacial score (nSPS) is 10.9. The van der Waals surface area contributed by atoms with E-state index in [0.717, 1.165) is 0 Å². The number of pyridine rings is 1. The number of hydrogen-bond donors (Lipinski definition) is 1. The van der Waals surface area contributed by atoms with Gasteiger partial charge < -0.3 is 24.4 Å². The molecule has 0 aliphatic carbocycles. The molecule has 2 aromatic carbocycles. The fourth-order valence-corrected chi connectivity index (χ4v) is 3.29. The third-order valence-electron chi connectivity index (χ3n) is 4.60. The van der Waals surface area contributed by atoms with Gasteiger partial charge in [-0.25, -0.2) is 4.79 Å². The molecule has 1 aromatic heterocycles. The Morgan fingerprint density at radius 3 is 2.25 bits per heavy atom. The van der Waals surface area contributed by atoms with Crippen molar-refractivity contribution in [3.05, 3.63) is 76.0 Å². The molecule has 190 valence electrons. The first kappa shape index (κ1) is 27.1. The van der Waals surface area contributed by atoms with Crippen molar-refractivity contribution in [1.82, 2.24) is 9.88 Å². The van der Waals surface area contributed by atoms with Crippen LogP contribution in [-0.4, -0.2) is 55.6 Å². The van der Waals surface area contributed by atoms with Crippen LogP contribution >= 0.6 is 23.2 Å². The van der Waals surface area contributed by atoms with Gasteiger partial charge >= 0.3 is 12.6 Å². The van der Waals surface area contributed by atoms with Gasteiger partial charge in [0.25, 0.3) is 5.91 Å². The minimum absolute atomic E-state index is 0.0525. The number of alkyl halides is 2. The lowest BCUT2D eigenvalue weighted by Gasteiger charge is -2.14. The number of amides is 1. The standard InChI is InChI=1S/C24H21Cl2F2N3O5/c1-31(2)9-10-34-23(33)14-3-6-16(7-4-14)35-20-11-15(5-8-19(20)36-24(27)28)22(32)30-21-17(25)12-29-13-18(21)26/h3-8,11-13,24H,9-10H2,1-2H3,(H,29,30,32). The fourth-order valence-electron chi connectivity index (χ4n) is 2.83. The number of likely N-dealkylation sites (N-methyl/N-ethyl adjacent to an activating group) is 1. The molecule has 12 heteroatoms. The molecule has 3 aromatic rings. The molecule has 36 heavy (non-hydrogen) atoms. The minimum Gasteiger partial charge on any atom is -0.461 e. The SMILES string of the molecule is CN(C)CCOC(=O)c1ccc(Oc2cc(C(=O)Nc3c(Cl)cncc3Cl)ccc2OC(F)F)cc1. The van der Waals surface area contributed by atoms with Gasteiger partial charge in [-0.05, 0) is 56.6 Å². The Bertz CT molecular complexity index is 1210. The highest BCUT2D eigenvalue weighted by Gasteiger charge is 2.18. The van der Waals surface area contributed by atoms with Crippen molar-refractivity contribution in [2.75, 3.05) is 32.6 Å². The number of hydrogen-bond acceptors (Lipinski definition) is 7. The zero-order valence-corrected chi connectivity index (χ0v) is 20.6. The van der Waals surface area contributed by atoms with E-state index in [0.29, 0.717) is 6.54 Å². The summed E-state index contributed by atoms with van der Waals surface area (Å²) in [6.07, 6.45) is 2.61. The highest BCUT2D eigenvalue weighted by Crippen LogP contribution is 2.35. The predicted octanol–water partition coefficient (Wildman–Crippen LogP) is 5.75. The molecular weight excluding hydrogens is 519 g/mol. The van der Waals surface area contributed by atoms with Gasteiger partial charge in [-0.2, -0.15) is 8.78 Å². The molecule has 3 rings (SSSR count). The topological polar surface area (TPSA) is 90.0 Å². The molecule has 0 saturated carbocycles. The molecule has 1 N–H and O–H groups in total. The van der Waals surface area contributed by atoms with E-state index in [1.54, 1.807) is 0 Å².